The number of carbonyl (C=O) groups excluding carboxylic acids is 1. The van der Waals surface area contributed by atoms with Crippen LogP contribution in [0.3, 0.4) is 0 Å². The minimum atomic E-state index is -1.32. The van der Waals surface area contributed by atoms with Crippen LogP contribution in [0.4, 0.5) is 0 Å². The molecule has 0 atom stereocenters. The first-order chi connectivity index (χ1) is 12.1. The van der Waals surface area contributed by atoms with Gasteiger partial charge >= 0.3 is 5.97 Å². The summed E-state index contributed by atoms with van der Waals surface area (Å²) in [7, 11) is 1.32. The first kappa shape index (κ1) is 17.5. The SMILES string of the molecule is COC(=O)[C@]1(C)OC[C@@H](c2ccc(OCc3ccccc3)cc2)CO1. The Bertz CT molecular complexity index is 688. The van der Waals surface area contributed by atoms with Crippen LogP contribution in [0.5, 0.6) is 5.75 Å². The molecular formula is C20H22O5. The molecule has 0 N–H and O–H groups in total. The molecule has 0 unspecified atom stereocenters. The van der Waals surface area contributed by atoms with Crippen LogP contribution in [0.25, 0.3) is 0 Å². The number of methoxy groups -OCH3 is 1. The van der Waals surface area contributed by atoms with Gasteiger partial charge in [-0.3, -0.25) is 0 Å². The molecule has 25 heavy (non-hydrogen) atoms. The van der Waals surface area contributed by atoms with Crippen molar-refractivity contribution >= 4 is 5.97 Å². The van der Waals surface area contributed by atoms with Crippen molar-refractivity contribution in [3.05, 3.63) is 65.7 Å². The molecule has 3 rings (SSSR count). The molecule has 1 fully saturated rings. The molecule has 5 nitrogen and oxygen atoms in total. The van der Waals surface area contributed by atoms with Crippen LogP contribution in [-0.2, 0) is 25.6 Å². The molecule has 0 aliphatic carbocycles. The van der Waals surface area contributed by atoms with Crippen molar-refractivity contribution in [1.29, 1.82) is 0 Å². The summed E-state index contributed by atoms with van der Waals surface area (Å²) in [5.74, 6) is -0.953. The molecular weight excluding hydrogens is 320 g/mol. The lowest BCUT2D eigenvalue weighted by molar-refractivity contribution is -0.264. The second-order valence-corrected chi connectivity index (χ2v) is 6.10. The van der Waals surface area contributed by atoms with Crippen LogP contribution >= 0.6 is 0 Å². The van der Waals surface area contributed by atoms with E-state index in [1.165, 1.54) is 7.11 Å². The molecule has 0 bridgehead atoms. The zero-order chi connectivity index (χ0) is 17.7. The van der Waals surface area contributed by atoms with Gasteiger partial charge in [-0.1, -0.05) is 42.5 Å². The van der Waals surface area contributed by atoms with Gasteiger partial charge in [0.25, 0.3) is 5.79 Å². The largest absolute Gasteiger partial charge is 0.489 e. The summed E-state index contributed by atoms with van der Waals surface area (Å²) in [6.45, 7) is 2.91. The predicted octanol–water partition coefficient (Wildman–Crippen LogP) is 3.29. The zero-order valence-corrected chi connectivity index (χ0v) is 14.4. The monoisotopic (exact) mass is 342 g/mol. The highest BCUT2D eigenvalue weighted by molar-refractivity contribution is 5.77. The Balaban J connectivity index is 1.55. The van der Waals surface area contributed by atoms with Gasteiger partial charge in [0.05, 0.1) is 20.3 Å². The van der Waals surface area contributed by atoms with E-state index in [4.69, 9.17) is 18.9 Å². The van der Waals surface area contributed by atoms with E-state index in [0.29, 0.717) is 19.8 Å². The average Bonchev–Trinajstić information content (AvgIpc) is 2.67. The summed E-state index contributed by atoms with van der Waals surface area (Å²) in [5, 5.41) is 0. The lowest BCUT2D eigenvalue weighted by Crippen LogP contribution is -2.47. The van der Waals surface area contributed by atoms with Gasteiger partial charge in [-0.25, -0.2) is 4.79 Å². The third-order valence-corrected chi connectivity index (χ3v) is 4.28. The van der Waals surface area contributed by atoms with E-state index < -0.39 is 11.8 Å². The van der Waals surface area contributed by atoms with Crippen molar-refractivity contribution in [2.24, 2.45) is 0 Å². The van der Waals surface area contributed by atoms with Gasteiger partial charge < -0.3 is 18.9 Å². The molecule has 0 radical (unpaired) electrons. The van der Waals surface area contributed by atoms with Gasteiger partial charge in [-0.2, -0.15) is 0 Å². The predicted molar refractivity (Wildman–Crippen MR) is 92.3 cm³/mol. The molecule has 0 aromatic heterocycles. The number of hydrogen-bond acceptors (Lipinski definition) is 5. The quantitative estimate of drug-likeness (QED) is 0.781. The maximum absolute atomic E-state index is 11.7. The number of hydrogen-bond donors (Lipinski definition) is 0. The van der Waals surface area contributed by atoms with Crippen molar-refractivity contribution in [2.45, 2.75) is 25.2 Å². The number of benzene rings is 2. The Hall–Kier alpha value is -2.37. The maximum atomic E-state index is 11.7. The number of ether oxygens (including phenoxy) is 4. The zero-order valence-electron chi connectivity index (χ0n) is 14.4. The summed E-state index contributed by atoms with van der Waals surface area (Å²) < 4.78 is 21.7. The standard InChI is InChI=1S/C20H22O5/c1-20(19(21)22-2)24-13-17(14-25-20)16-8-10-18(11-9-16)23-12-15-6-4-3-5-7-15/h3-11,17H,12-14H2,1-2H3/t17-,20-. The summed E-state index contributed by atoms with van der Waals surface area (Å²) in [4.78, 5) is 11.7. The molecule has 1 heterocycles. The Kier molecular flexibility index (Phi) is 5.36. The Labute approximate surface area is 147 Å². The second kappa shape index (κ2) is 7.68. The summed E-state index contributed by atoms with van der Waals surface area (Å²) in [6.07, 6.45) is 0. The summed E-state index contributed by atoms with van der Waals surface area (Å²) >= 11 is 0. The van der Waals surface area contributed by atoms with Crippen molar-refractivity contribution in [3.8, 4) is 5.75 Å². The molecule has 0 spiro atoms. The Morgan fingerprint density at radius 2 is 1.72 bits per heavy atom. The fraction of sp³-hybridized carbons (Fsp3) is 0.350. The number of esters is 1. The minimum Gasteiger partial charge on any atom is -0.489 e. The van der Waals surface area contributed by atoms with Crippen molar-refractivity contribution in [2.75, 3.05) is 20.3 Å². The summed E-state index contributed by atoms with van der Waals surface area (Å²) in [5.41, 5.74) is 2.21. The normalized spacial score (nSPS) is 23.0. The Morgan fingerprint density at radius 3 is 2.32 bits per heavy atom. The smallest absolute Gasteiger partial charge is 0.366 e. The third-order valence-electron chi connectivity index (χ3n) is 4.28. The number of carbonyl (C=O) groups is 1. The average molecular weight is 342 g/mol. The van der Waals surface area contributed by atoms with Crippen LogP contribution in [0.1, 0.15) is 24.0 Å². The van der Waals surface area contributed by atoms with E-state index >= 15 is 0 Å². The van der Waals surface area contributed by atoms with Crippen molar-refractivity contribution < 1.29 is 23.7 Å². The molecule has 0 amide bonds. The van der Waals surface area contributed by atoms with Crippen LogP contribution in [0, 0.1) is 0 Å². The highest BCUT2D eigenvalue weighted by Gasteiger charge is 2.41. The molecule has 2 aromatic rings. The van der Waals surface area contributed by atoms with Crippen LogP contribution < -0.4 is 4.74 Å². The Morgan fingerprint density at radius 1 is 1.08 bits per heavy atom. The topological polar surface area (TPSA) is 54.0 Å². The fourth-order valence-corrected chi connectivity index (χ4v) is 2.68. The van der Waals surface area contributed by atoms with E-state index in [1.54, 1.807) is 6.92 Å². The molecule has 1 aliphatic rings. The fourth-order valence-electron chi connectivity index (χ4n) is 2.68. The van der Waals surface area contributed by atoms with Gasteiger partial charge in [0.2, 0.25) is 0 Å². The highest BCUT2D eigenvalue weighted by Crippen LogP contribution is 2.29. The van der Waals surface area contributed by atoms with Crippen LogP contribution in [0.15, 0.2) is 54.6 Å². The van der Waals surface area contributed by atoms with Crippen molar-refractivity contribution in [1.82, 2.24) is 0 Å². The molecule has 2 aromatic carbocycles. The molecule has 1 saturated heterocycles. The van der Waals surface area contributed by atoms with Gasteiger partial charge in [-0.15, -0.1) is 0 Å². The van der Waals surface area contributed by atoms with Gasteiger partial charge in [0.1, 0.15) is 12.4 Å². The van der Waals surface area contributed by atoms with Gasteiger partial charge in [-0.05, 0) is 23.3 Å². The van der Waals surface area contributed by atoms with E-state index in [0.717, 1.165) is 16.9 Å². The van der Waals surface area contributed by atoms with Crippen LogP contribution in [-0.4, -0.2) is 32.1 Å². The molecule has 0 saturated carbocycles. The summed E-state index contributed by atoms with van der Waals surface area (Å²) in [6, 6.07) is 17.9. The molecule has 5 heteroatoms. The van der Waals surface area contributed by atoms with Crippen LogP contribution in [0.2, 0.25) is 0 Å². The first-order valence-corrected chi connectivity index (χ1v) is 8.24. The first-order valence-electron chi connectivity index (χ1n) is 8.24. The van der Waals surface area contributed by atoms with E-state index in [9.17, 15) is 4.79 Å². The van der Waals surface area contributed by atoms with E-state index in [1.807, 2.05) is 54.6 Å². The minimum absolute atomic E-state index is 0.0703. The van der Waals surface area contributed by atoms with Gasteiger partial charge in [0.15, 0.2) is 0 Å². The van der Waals surface area contributed by atoms with E-state index in [-0.39, 0.29) is 5.92 Å². The van der Waals surface area contributed by atoms with Crippen molar-refractivity contribution in [3.63, 3.8) is 0 Å². The molecule has 132 valence electrons. The highest BCUT2D eigenvalue weighted by atomic mass is 16.7. The molecule has 1 aliphatic heterocycles. The third kappa shape index (κ3) is 4.18. The van der Waals surface area contributed by atoms with E-state index in [2.05, 4.69) is 0 Å². The number of rotatable bonds is 5. The maximum Gasteiger partial charge on any atom is 0.366 e. The lowest BCUT2D eigenvalue weighted by atomic mass is 9.99. The second-order valence-electron chi connectivity index (χ2n) is 6.10. The van der Waals surface area contributed by atoms with Gasteiger partial charge in [0, 0.05) is 12.8 Å². The lowest BCUT2D eigenvalue weighted by Gasteiger charge is -2.35.